The molecule has 0 bridgehead atoms. The van der Waals surface area contributed by atoms with Gasteiger partial charge in [0.1, 0.15) is 11.2 Å². The van der Waals surface area contributed by atoms with Crippen LogP contribution < -0.4 is 0 Å². The molecule has 0 N–H and O–H groups in total. The van der Waals surface area contributed by atoms with Gasteiger partial charge in [-0.15, -0.1) is 0 Å². The topological polar surface area (TPSA) is 30.2 Å². The van der Waals surface area contributed by atoms with Gasteiger partial charge in [0.05, 0.1) is 5.75 Å². The van der Waals surface area contributed by atoms with Crippen LogP contribution in [0.2, 0.25) is 0 Å². The highest BCUT2D eigenvalue weighted by Crippen LogP contribution is 2.28. The first-order valence-corrected chi connectivity index (χ1v) is 7.26. The smallest absolute Gasteiger partial charge is 0.186 e. The van der Waals surface area contributed by atoms with Crippen molar-refractivity contribution in [2.75, 3.05) is 5.75 Å². The van der Waals surface area contributed by atoms with Gasteiger partial charge in [0.25, 0.3) is 0 Å². The van der Waals surface area contributed by atoms with Gasteiger partial charge in [-0.1, -0.05) is 41.8 Å². The number of rotatable bonds is 1. The minimum Gasteiger partial charge on any atom is -0.456 e. The molecule has 2 nitrogen and oxygen atoms in total. The minimum absolute atomic E-state index is 0.0931. The predicted octanol–water partition coefficient (Wildman–Crippen LogP) is 4.22. The number of hydrogen-bond acceptors (Lipinski definition) is 3. The molecule has 0 spiro atoms. The van der Waals surface area contributed by atoms with Gasteiger partial charge in [-0.2, -0.15) is 0 Å². The van der Waals surface area contributed by atoms with Gasteiger partial charge in [-0.25, -0.2) is 0 Å². The molecule has 0 aliphatic rings. The molecule has 1 aromatic heterocycles. The molecule has 98 valence electrons. The van der Waals surface area contributed by atoms with Gasteiger partial charge in [-0.3, -0.25) is 4.79 Å². The Bertz CT molecular complexity index is 849. The molecule has 0 radical (unpaired) electrons. The van der Waals surface area contributed by atoms with E-state index in [1.54, 1.807) is 6.92 Å². The first-order chi connectivity index (χ1) is 9.74. The second kappa shape index (κ2) is 5.44. The molecule has 0 amide bonds. The van der Waals surface area contributed by atoms with Crippen molar-refractivity contribution in [2.45, 2.75) is 6.92 Å². The van der Waals surface area contributed by atoms with E-state index in [0.29, 0.717) is 5.75 Å². The summed E-state index contributed by atoms with van der Waals surface area (Å²) in [5, 5.41) is 2.27. The van der Waals surface area contributed by atoms with Gasteiger partial charge in [0.2, 0.25) is 0 Å². The summed E-state index contributed by atoms with van der Waals surface area (Å²) in [4.78, 5) is 10.8. The second-order valence-electron chi connectivity index (χ2n) is 4.39. The first kappa shape index (κ1) is 12.8. The lowest BCUT2D eigenvalue weighted by Crippen LogP contribution is -1.82. The van der Waals surface area contributed by atoms with Crippen LogP contribution in [0.25, 0.3) is 21.9 Å². The summed E-state index contributed by atoms with van der Waals surface area (Å²) in [5.41, 5.74) is 2.70. The summed E-state index contributed by atoms with van der Waals surface area (Å²) >= 11 is 1.23. The highest BCUT2D eigenvalue weighted by Gasteiger charge is 2.05. The lowest BCUT2D eigenvalue weighted by atomic mass is 10.1. The van der Waals surface area contributed by atoms with Gasteiger partial charge in [0, 0.05) is 23.3 Å². The zero-order valence-corrected chi connectivity index (χ0v) is 11.8. The summed E-state index contributed by atoms with van der Waals surface area (Å²) in [7, 11) is 0. The third kappa shape index (κ3) is 2.56. The van der Waals surface area contributed by atoms with Crippen LogP contribution in [0.15, 0.2) is 46.9 Å². The molecule has 20 heavy (non-hydrogen) atoms. The van der Waals surface area contributed by atoms with E-state index in [0.717, 1.165) is 27.5 Å². The van der Waals surface area contributed by atoms with Gasteiger partial charge < -0.3 is 4.42 Å². The standard InChI is InChI=1S/C17H12O2S/c1-12(18)20-10-4-5-13-8-9-17-15(11-13)14-6-2-3-7-16(14)19-17/h2-3,6-9,11H,10H2,1H3. The number of fused-ring (bicyclic) bond motifs is 3. The van der Waals surface area contributed by atoms with E-state index in [1.165, 1.54) is 11.8 Å². The van der Waals surface area contributed by atoms with Gasteiger partial charge in [0.15, 0.2) is 5.12 Å². The predicted molar refractivity (Wildman–Crippen MR) is 83.7 cm³/mol. The van der Waals surface area contributed by atoms with Crippen molar-refractivity contribution >= 4 is 38.8 Å². The molecular formula is C17H12O2S. The van der Waals surface area contributed by atoms with Crippen LogP contribution in [-0.4, -0.2) is 10.9 Å². The summed E-state index contributed by atoms with van der Waals surface area (Å²) < 4.78 is 5.77. The van der Waals surface area contributed by atoms with E-state index in [9.17, 15) is 4.79 Å². The Morgan fingerprint density at radius 2 is 1.95 bits per heavy atom. The molecule has 0 atom stereocenters. The Hall–Kier alpha value is -2.18. The summed E-state index contributed by atoms with van der Waals surface area (Å²) in [6.07, 6.45) is 0. The number of para-hydroxylation sites is 1. The van der Waals surface area contributed by atoms with Crippen molar-refractivity contribution in [3.05, 3.63) is 48.0 Å². The fourth-order valence-corrected chi connectivity index (χ4v) is 2.43. The summed E-state index contributed by atoms with van der Waals surface area (Å²) in [6.45, 7) is 1.55. The maximum atomic E-state index is 10.8. The zero-order chi connectivity index (χ0) is 13.9. The van der Waals surface area contributed by atoms with Gasteiger partial charge in [-0.05, 0) is 24.3 Å². The van der Waals surface area contributed by atoms with E-state index < -0.39 is 0 Å². The second-order valence-corrected chi connectivity index (χ2v) is 5.54. The molecule has 0 saturated heterocycles. The number of furan rings is 1. The zero-order valence-electron chi connectivity index (χ0n) is 11.0. The van der Waals surface area contributed by atoms with E-state index in [1.807, 2.05) is 42.5 Å². The van der Waals surface area contributed by atoms with E-state index in [4.69, 9.17) is 4.42 Å². The summed E-state index contributed by atoms with van der Waals surface area (Å²) in [5.74, 6) is 6.61. The Kier molecular flexibility index (Phi) is 3.49. The number of thioether (sulfide) groups is 1. The maximum absolute atomic E-state index is 10.8. The van der Waals surface area contributed by atoms with Crippen LogP contribution in [0.3, 0.4) is 0 Å². The molecule has 2 aromatic carbocycles. The molecule has 3 heteroatoms. The number of hydrogen-bond donors (Lipinski definition) is 0. The molecular weight excluding hydrogens is 268 g/mol. The monoisotopic (exact) mass is 280 g/mol. The Labute approximate surface area is 121 Å². The van der Waals surface area contributed by atoms with Crippen molar-refractivity contribution < 1.29 is 9.21 Å². The fourth-order valence-electron chi connectivity index (χ4n) is 2.08. The van der Waals surface area contributed by atoms with Crippen LogP contribution in [0.1, 0.15) is 12.5 Å². The summed E-state index contributed by atoms with van der Waals surface area (Å²) in [6, 6.07) is 13.9. The van der Waals surface area contributed by atoms with Crippen LogP contribution in [-0.2, 0) is 4.79 Å². The van der Waals surface area contributed by atoms with Crippen molar-refractivity contribution in [2.24, 2.45) is 0 Å². The van der Waals surface area contributed by atoms with Crippen molar-refractivity contribution in [3.8, 4) is 11.8 Å². The van der Waals surface area contributed by atoms with Crippen LogP contribution in [0.5, 0.6) is 0 Å². The fraction of sp³-hybridized carbons (Fsp3) is 0.118. The minimum atomic E-state index is 0.0931. The molecule has 0 aliphatic carbocycles. The SMILES string of the molecule is CC(=O)SCC#Cc1ccc2oc3ccccc3c2c1. The van der Waals surface area contributed by atoms with Crippen molar-refractivity contribution in [3.63, 3.8) is 0 Å². The number of carbonyl (C=O) groups excluding carboxylic acids is 1. The average Bonchev–Trinajstić information content (AvgIpc) is 2.81. The Morgan fingerprint density at radius 1 is 1.15 bits per heavy atom. The normalized spacial score (nSPS) is 10.4. The number of carbonyl (C=O) groups is 1. The molecule has 3 aromatic rings. The lowest BCUT2D eigenvalue weighted by molar-refractivity contribution is -0.109. The van der Waals surface area contributed by atoms with Crippen molar-refractivity contribution in [1.29, 1.82) is 0 Å². The van der Waals surface area contributed by atoms with E-state index in [-0.39, 0.29) is 5.12 Å². The molecule has 3 rings (SSSR count). The van der Waals surface area contributed by atoms with Crippen LogP contribution in [0, 0.1) is 11.8 Å². The molecule has 1 heterocycles. The maximum Gasteiger partial charge on any atom is 0.186 e. The Morgan fingerprint density at radius 3 is 2.80 bits per heavy atom. The molecule has 0 unspecified atom stereocenters. The molecule has 0 saturated carbocycles. The average molecular weight is 280 g/mol. The molecule has 0 aliphatic heterocycles. The van der Waals surface area contributed by atoms with Crippen LogP contribution in [0.4, 0.5) is 0 Å². The highest BCUT2D eigenvalue weighted by atomic mass is 32.2. The Balaban J connectivity index is 1.97. The highest BCUT2D eigenvalue weighted by molar-refractivity contribution is 8.13. The van der Waals surface area contributed by atoms with Crippen LogP contribution >= 0.6 is 11.8 Å². The third-order valence-electron chi connectivity index (χ3n) is 2.96. The van der Waals surface area contributed by atoms with E-state index in [2.05, 4.69) is 11.8 Å². The quantitative estimate of drug-likeness (QED) is 0.625. The number of benzene rings is 2. The largest absolute Gasteiger partial charge is 0.456 e. The van der Waals surface area contributed by atoms with Crippen molar-refractivity contribution in [1.82, 2.24) is 0 Å². The van der Waals surface area contributed by atoms with E-state index >= 15 is 0 Å². The molecule has 0 fully saturated rings. The van der Waals surface area contributed by atoms with Gasteiger partial charge >= 0.3 is 0 Å². The first-order valence-electron chi connectivity index (χ1n) is 6.27. The lowest BCUT2D eigenvalue weighted by Gasteiger charge is -1.91. The third-order valence-corrected chi connectivity index (χ3v) is 3.65.